The number of hydrogen-bond donors (Lipinski definition) is 3. The lowest BCUT2D eigenvalue weighted by molar-refractivity contribution is 0.0945. The fraction of sp³-hybridized carbons (Fsp3) is 0.167. The SMILES string of the molecule is O=C(NCCO)c1ccc(-c2cnc3sc(NCc4cccs4)nn23)cc1. The number of nitrogens with one attached hydrogen (secondary N) is 2. The third kappa shape index (κ3) is 3.85. The van der Waals surface area contributed by atoms with Crippen molar-refractivity contribution in [3.63, 3.8) is 0 Å². The van der Waals surface area contributed by atoms with Gasteiger partial charge in [0.1, 0.15) is 0 Å². The van der Waals surface area contributed by atoms with Gasteiger partial charge in [-0.15, -0.1) is 16.4 Å². The van der Waals surface area contributed by atoms with E-state index < -0.39 is 0 Å². The molecule has 0 aliphatic heterocycles. The second kappa shape index (κ2) is 7.87. The summed E-state index contributed by atoms with van der Waals surface area (Å²) in [6, 6.07) is 11.4. The van der Waals surface area contributed by atoms with E-state index in [0.29, 0.717) is 5.56 Å². The van der Waals surface area contributed by atoms with Crippen molar-refractivity contribution in [2.24, 2.45) is 0 Å². The number of aliphatic hydroxyl groups is 1. The molecule has 0 aliphatic rings. The van der Waals surface area contributed by atoms with Crippen LogP contribution in [0.25, 0.3) is 16.2 Å². The van der Waals surface area contributed by atoms with Crippen molar-refractivity contribution in [3.8, 4) is 11.3 Å². The molecule has 3 N–H and O–H groups in total. The van der Waals surface area contributed by atoms with Gasteiger partial charge >= 0.3 is 0 Å². The van der Waals surface area contributed by atoms with Gasteiger partial charge in [0.05, 0.1) is 25.0 Å². The molecule has 7 nitrogen and oxygen atoms in total. The highest BCUT2D eigenvalue weighted by Gasteiger charge is 2.12. The largest absolute Gasteiger partial charge is 0.395 e. The van der Waals surface area contributed by atoms with Crippen molar-refractivity contribution < 1.29 is 9.90 Å². The molecule has 1 amide bonds. The molecular weight excluding hydrogens is 382 g/mol. The molecule has 1 aromatic carbocycles. The topological polar surface area (TPSA) is 91.5 Å². The van der Waals surface area contributed by atoms with Gasteiger partial charge in [0, 0.05) is 22.5 Å². The highest BCUT2D eigenvalue weighted by atomic mass is 32.1. The molecule has 138 valence electrons. The number of aromatic nitrogens is 3. The van der Waals surface area contributed by atoms with E-state index in [4.69, 9.17) is 5.11 Å². The maximum Gasteiger partial charge on any atom is 0.251 e. The van der Waals surface area contributed by atoms with E-state index in [2.05, 4.69) is 32.2 Å². The van der Waals surface area contributed by atoms with Gasteiger partial charge in [-0.25, -0.2) is 9.50 Å². The van der Waals surface area contributed by atoms with Crippen molar-refractivity contribution in [2.75, 3.05) is 18.5 Å². The third-order valence-corrected chi connectivity index (χ3v) is 5.68. The van der Waals surface area contributed by atoms with Gasteiger partial charge in [0.25, 0.3) is 5.91 Å². The van der Waals surface area contributed by atoms with Gasteiger partial charge < -0.3 is 15.7 Å². The van der Waals surface area contributed by atoms with Gasteiger partial charge in [-0.2, -0.15) is 0 Å². The number of rotatable bonds is 7. The standard InChI is InChI=1S/C18H17N5O2S2/c24-8-7-19-16(25)13-5-3-12(4-6-13)15-11-21-18-23(15)22-17(27-18)20-10-14-2-1-9-26-14/h1-6,9,11,24H,7-8,10H2,(H,19,25)(H,20,22). The van der Waals surface area contributed by atoms with Crippen LogP contribution < -0.4 is 10.6 Å². The Hall–Kier alpha value is -2.75. The number of carbonyl (C=O) groups excluding carboxylic acids is 1. The molecule has 0 saturated carbocycles. The summed E-state index contributed by atoms with van der Waals surface area (Å²) in [5.41, 5.74) is 2.34. The number of benzene rings is 1. The number of nitrogens with zero attached hydrogens (tertiary/aromatic N) is 3. The number of anilines is 1. The first-order valence-corrected chi connectivity index (χ1v) is 10.0. The van der Waals surface area contributed by atoms with Crippen LogP contribution in [0.1, 0.15) is 15.2 Å². The highest BCUT2D eigenvalue weighted by Crippen LogP contribution is 2.26. The first kappa shape index (κ1) is 17.7. The number of thiophene rings is 1. The van der Waals surface area contributed by atoms with E-state index in [-0.39, 0.29) is 19.1 Å². The second-order valence-corrected chi connectivity index (χ2v) is 7.72. The number of carbonyl (C=O) groups is 1. The van der Waals surface area contributed by atoms with Gasteiger partial charge in [-0.05, 0) is 23.6 Å². The van der Waals surface area contributed by atoms with E-state index >= 15 is 0 Å². The maximum atomic E-state index is 11.9. The highest BCUT2D eigenvalue weighted by molar-refractivity contribution is 7.20. The summed E-state index contributed by atoms with van der Waals surface area (Å²) in [7, 11) is 0. The number of amides is 1. The van der Waals surface area contributed by atoms with Crippen molar-refractivity contribution in [3.05, 3.63) is 58.4 Å². The Morgan fingerprint density at radius 3 is 2.81 bits per heavy atom. The zero-order valence-corrected chi connectivity index (χ0v) is 15.9. The summed E-state index contributed by atoms with van der Waals surface area (Å²) in [6.07, 6.45) is 1.78. The molecule has 9 heteroatoms. The summed E-state index contributed by atoms with van der Waals surface area (Å²) in [6.45, 7) is 0.898. The molecule has 0 bridgehead atoms. The molecule has 0 spiro atoms. The van der Waals surface area contributed by atoms with Crippen LogP contribution in [0.15, 0.2) is 48.0 Å². The average molecular weight is 400 g/mol. The molecule has 0 radical (unpaired) electrons. The van der Waals surface area contributed by atoms with Crippen LogP contribution in [0, 0.1) is 0 Å². The van der Waals surface area contributed by atoms with Crippen molar-refractivity contribution in [1.82, 2.24) is 19.9 Å². The first-order chi connectivity index (χ1) is 13.2. The zero-order valence-electron chi connectivity index (χ0n) is 14.3. The number of hydrogen-bond acceptors (Lipinski definition) is 7. The minimum Gasteiger partial charge on any atom is -0.395 e. The molecule has 0 unspecified atom stereocenters. The van der Waals surface area contributed by atoms with Crippen LogP contribution in [0.5, 0.6) is 0 Å². The van der Waals surface area contributed by atoms with Gasteiger partial charge in [0.15, 0.2) is 0 Å². The van der Waals surface area contributed by atoms with Crippen molar-refractivity contribution in [2.45, 2.75) is 6.54 Å². The fourth-order valence-corrected chi connectivity index (χ4v) is 4.02. The Labute approximate surface area is 163 Å². The van der Waals surface area contributed by atoms with E-state index in [0.717, 1.165) is 27.9 Å². The third-order valence-electron chi connectivity index (χ3n) is 3.92. The van der Waals surface area contributed by atoms with E-state index in [1.165, 1.54) is 16.2 Å². The Bertz CT molecular complexity index is 1040. The van der Waals surface area contributed by atoms with Gasteiger partial charge in [-0.3, -0.25) is 4.79 Å². The Kier molecular flexibility index (Phi) is 5.14. The number of imidazole rings is 1. The van der Waals surface area contributed by atoms with Crippen LogP contribution in [0.3, 0.4) is 0 Å². The lowest BCUT2D eigenvalue weighted by Crippen LogP contribution is -2.26. The van der Waals surface area contributed by atoms with E-state index in [1.54, 1.807) is 29.7 Å². The molecular formula is C18H17N5O2S2. The number of aliphatic hydroxyl groups excluding tert-OH is 1. The molecule has 3 heterocycles. The molecule has 0 saturated heterocycles. The van der Waals surface area contributed by atoms with Gasteiger partial charge in [0.2, 0.25) is 10.1 Å². The van der Waals surface area contributed by atoms with Crippen LogP contribution in [0.4, 0.5) is 5.13 Å². The minimum absolute atomic E-state index is 0.0791. The van der Waals surface area contributed by atoms with Gasteiger partial charge in [-0.1, -0.05) is 29.5 Å². The van der Waals surface area contributed by atoms with Crippen LogP contribution in [-0.2, 0) is 6.54 Å². The molecule has 4 rings (SSSR count). The summed E-state index contributed by atoms with van der Waals surface area (Å²) in [5, 5.41) is 22.2. The van der Waals surface area contributed by atoms with Crippen LogP contribution >= 0.6 is 22.7 Å². The van der Waals surface area contributed by atoms with Crippen LogP contribution in [-0.4, -0.2) is 38.8 Å². The fourth-order valence-electron chi connectivity index (χ4n) is 2.60. The lowest BCUT2D eigenvalue weighted by atomic mass is 10.1. The second-order valence-electron chi connectivity index (χ2n) is 5.73. The predicted molar refractivity (Wildman–Crippen MR) is 107 cm³/mol. The molecule has 27 heavy (non-hydrogen) atoms. The average Bonchev–Trinajstić information content (AvgIpc) is 3.41. The molecule has 0 aliphatic carbocycles. The lowest BCUT2D eigenvalue weighted by Gasteiger charge is -2.04. The Morgan fingerprint density at radius 2 is 2.07 bits per heavy atom. The quantitative estimate of drug-likeness (QED) is 0.444. The summed E-state index contributed by atoms with van der Waals surface area (Å²) in [5.74, 6) is -0.206. The van der Waals surface area contributed by atoms with Crippen molar-refractivity contribution in [1.29, 1.82) is 0 Å². The smallest absolute Gasteiger partial charge is 0.251 e. The van der Waals surface area contributed by atoms with Crippen molar-refractivity contribution >= 4 is 38.7 Å². The zero-order chi connectivity index (χ0) is 18.6. The molecule has 0 fully saturated rings. The Balaban J connectivity index is 1.52. The summed E-state index contributed by atoms with van der Waals surface area (Å²) < 4.78 is 1.81. The van der Waals surface area contributed by atoms with E-state index in [1.807, 2.05) is 22.7 Å². The Morgan fingerprint density at radius 1 is 1.22 bits per heavy atom. The molecule has 4 aromatic rings. The summed E-state index contributed by atoms with van der Waals surface area (Å²) >= 11 is 3.20. The predicted octanol–water partition coefficient (Wildman–Crippen LogP) is 2.85. The minimum atomic E-state index is -0.206. The monoisotopic (exact) mass is 399 g/mol. The maximum absolute atomic E-state index is 11.9. The molecule has 3 aromatic heterocycles. The summed E-state index contributed by atoms with van der Waals surface area (Å²) in [4.78, 5) is 18.4. The van der Waals surface area contributed by atoms with Crippen LogP contribution in [0.2, 0.25) is 0 Å². The number of fused-ring (bicyclic) bond motifs is 1. The first-order valence-electron chi connectivity index (χ1n) is 8.35. The van der Waals surface area contributed by atoms with E-state index in [9.17, 15) is 4.79 Å². The normalized spacial score (nSPS) is 11.0. The molecule has 0 atom stereocenters.